The van der Waals surface area contributed by atoms with Crippen molar-refractivity contribution in [2.75, 3.05) is 5.32 Å². The van der Waals surface area contributed by atoms with E-state index in [-0.39, 0.29) is 0 Å². The molecule has 0 spiro atoms. The number of thiocarbonyl (C=S) groups is 1. The first-order chi connectivity index (χ1) is 12.8. The Labute approximate surface area is 162 Å². The van der Waals surface area contributed by atoms with E-state index < -0.39 is 0 Å². The summed E-state index contributed by atoms with van der Waals surface area (Å²) in [4.78, 5) is 6.82. The number of aryl methyl sites for hydroxylation is 1. The summed E-state index contributed by atoms with van der Waals surface area (Å²) in [5.41, 5.74) is 3.53. The van der Waals surface area contributed by atoms with Crippen molar-refractivity contribution in [2.45, 2.75) is 64.5 Å². The molecule has 138 valence electrons. The molecule has 1 saturated carbocycles. The van der Waals surface area contributed by atoms with Gasteiger partial charge in [-0.15, -0.1) is 0 Å². The number of hydrogen-bond acceptors (Lipinski definition) is 2. The third-order valence-electron chi connectivity index (χ3n) is 5.11. The number of benzene rings is 1. The first-order valence-electron chi connectivity index (χ1n) is 9.82. The molecule has 0 saturated heterocycles. The van der Waals surface area contributed by atoms with Crippen LogP contribution in [0.15, 0.2) is 48.7 Å². The van der Waals surface area contributed by atoms with Crippen molar-refractivity contribution in [1.29, 1.82) is 0 Å². The summed E-state index contributed by atoms with van der Waals surface area (Å²) in [5.74, 6) is 0. The highest BCUT2D eigenvalue weighted by Gasteiger charge is 2.25. The average Bonchev–Trinajstić information content (AvgIpc) is 3.21. The summed E-state index contributed by atoms with van der Waals surface area (Å²) in [5, 5.41) is 4.26. The molecule has 1 aliphatic carbocycles. The lowest BCUT2D eigenvalue weighted by molar-refractivity contribution is 0.309. The summed E-state index contributed by atoms with van der Waals surface area (Å²) in [7, 11) is 0. The van der Waals surface area contributed by atoms with E-state index in [0.717, 1.165) is 29.5 Å². The second kappa shape index (κ2) is 9.67. The molecule has 26 heavy (non-hydrogen) atoms. The minimum atomic E-state index is 0.515. The van der Waals surface area contributed by atoms with Crippen LogP contribution in [-0.2, 0) is 13.0 Å². The standard InChI is InChI=1S/C22H29N3S/c1-2-3-8-18-12-14-19(15-13-18)24-22(26)25(21-10-4-5-11-21)17-20-9-6-7-16-23-20/h6-7,9,12-16,21H,2-5,8,10-11,17H2,1H3,(H,24,26). The molecule has 3 rings (SSSR count). The molecular weight excluding hydrogens is 338 g/mol. The van der Waals surface area contributed by atoms with E-state index in [1.54, 1.807) is 0 Å². The minimum absolute atomic E-state index is 0.515. The van der Waals surface area contributed by atoms with E-state index in [4.69, 9.17) is 12.2 Å². The minimum Gasteiger partial charge on any atom is -0.340 e. The molecule has 1 aromatic heterocycles. The van der Waals surface area contributed by atoms with E-state index in [0.29, 0.717) is 6.04 Å². The maximum atomic E-state index is 5.78. The van der Waals surface area contributed by atoms with Crippen molar-refractivity contribution in [3.8, 4) is 0 Å². The van der Waals surface area contributed by atoms with E-state index in [1.807, 2.05) is 18.3 Å². The lowest BCUT2D eigenvalue weighted by atomic mass is 10.1. The summed E-state index contributed by atoms with van der Waals surface area (Å²) < 4.78 is 0. The fraction of sp³-hybridized carbons (Fsp3) is 0.455. The van der Waals surface area contributed by atoms with Gasteiger partial charge in [0.2, 0.25) is 0 Å². The van der Waals surface area contributed by atoms with Gasteiger partial charge in [-0.3, -0.25) is 4.98 Å². The van der Waals surface area contributed by atoms with Gasteiger partial charge in [-0.1, -0.05) is 44.4 Å². The van der Waals surface area contributed by atoms with Crippen LogP contribution < -0.4 is 5.32 Å². The number of nitrogens with zero attached hydrogens (tertiary/aromatic N) is 2. The second-order valence-corrected chi connectivity index (χ2v) is 7.50. The van der Waals surface area contributed by atoms with Crippen molar-refractivity contribution < 1.29 is 0 Å². The highest BCUT2D eigenvalue weighted by molar-refractivity contribution is 7.80. The van der Waals surface area contributed by atoms with Gasteiger partial charge in [0.25, 0.3) is 0 Å². The Kier molecular flexibility index (Phi) is 7.01. The number of hydrogen-bond donors (Lipinski definition) is 1. The van der Waals surface area contributed by atoms with E-state index >= 15 is 0 Å². The van der Waals surface area contributed by atoms with Gasteiger partial charge in [0, 0.05) is 17.9 Å². The van der Waals surface area contributed by atoms with Crippen LogP contribution in [0.2, 0.25) is 0 Å². The zero-order chi connectivity index (χ0) is 18.2. The molecule has 3 nitrogen and oxygen atoms in total. The first kappa shape index (κ1) is 18.8. The largest absolute Gasteiger partial charge is 0.340 e. The van der Waals surface area contributed by atoms with Crippen LogP contribution in [0.4, 0.5) is 5.69 Å². The monoisotopic (exact) mass is 367 g/mol. The van der Waals surface area contributed by atoms with Crippen molar-refractivity contribution in [3.63, 3.8) is 0 Å². The molecule has 0 bridgehead atoms. The van der Waals surface area contributed by atoms with E-state index in [1.165, 1.54) is 44.1 Å². The van der Waals surface area contributed by atoms with Crippen LogP contribution in [-0.4, -0.2) is 21.0 Å². The number of pyridine rings is 1. The predicted molar refractivity (Wildman–Crippen MR) is 113 cm³/mol. The van der Waals surface area contributed by atoms with Crippen LogP contribution in [0.1, 0.15) is 56.7 Å². The van der Waals surface area contributed by atoms with Crippen LogP contribution in [0.5, 0.6) is 0 Å². The fourth-order valence-corrected chi connectivity index (χ4v) is 3.91. The zero-order valence-corrected chi connectivity index (χ0v) is 16.5. The van der Waals surface area contributed by atoms with Gasteiger partial charge in [0.1, 0.15) is 0 Å². The van der Waals surface area contributed by atoms with Crippen molar-refractivity contribution in [1.82, 2.24) is 9.88 Å². The number of rotatable bonds is 7. The van der Waals surface area contributed by atoms with Gasteiger partial charge in [-0.25, -0.2) is 0 Å². The number of anilines is 1. The molecule has 1 aliphatic rings. The molecule has 1 heterocycles. The Morgan fingerprint density at radius 1 is 1.15 bits per heavy atom. The molecule has 0 aliphatic heterocycles. The topological polar surface area (TPSA) is 28.2 Å². The summed E-state index contributed by atoms with van der Waals surface area (Å²) in [6.07, 6.45) is 10.5. The van der Waals surface area contributed by atoms with Gasteiger partial charge in [0.15, 0.2) is 5.11 Å². The summed E-state index contributed by atoms with van der Waals surface area (Å²) in [6.45, 7) is 3.00. The van der Waals surface area contributed by atoms with Crippen molar-refractivity contribution in [3.05, 3.63) is 59.9 Å². The van der Waals surface area contributed by atoms with Crippen molar-refractivity contribution in [2.24, 2.45) is 0 Å². The molecule has 2 aromatic rings. The van der Waals surface area contributed by atoms with Crippen LogP contribution in [0.3, 0.4) is 0 Å². The second-order valence-electron chi connectivity index (χ2n) is 7.12. The summed E-state index contributed by atoms with van der Waals surface area (Å²) >= 11 is 5.78. The maximum absolute atomic E-state index is 5.78. The molecule has 0 amide bonds. The van der Waals surface area contributed by atoms with Crippen LogP contribution in [0.25, 0.3) is 0 Å². The summed E-state index contributed by atoms with van der Waals surface area (Å²) in [6, 6.07) is 15.3. The zero-order valence-electron chi connectivity index (χ0n) is 15.7. The fourth-order valence-electron chi connectivity index (χ4n) is 3.58. The Balaban J connectivity index is 1.66. The molecule has 1 fully saturated rings. The van der Waals surface area contributed by atoms with Crippen LogP contribution >= 0.6 is 12.2 Å². The lowest BCUT2D eigenvalue weighted by Crippen LogP contribution is -2.41. The van der Waals surface area contributed by atoms with Gasteiger partial charge < -0.3 is 10.2 Å². The highest BCUT2D eigenvalue weighted by atomic mass is 32.1. The van der Waals surface area contributed by atoms with Crippen LogP contribution in [0, 0.1) is 0 Å². The maximum Gasteiger partial charge on any atom is 0.174 e. The number of unbranched alkanes of at least 4 members (excludes halogenated alkanes) is 1. The quantitative estimate of drug-likeness (QED) is 0.648. The Morgan fingerprint density at radius 2 is 1.92 bits per heavy atom. The molecule has 4 heteroatoms. The average molecular weight is 368 g/mol. The first-order valence-corrected chi connectivity index (χ1v) is 10.2. The molecule has 1 aromatic carbocycles. The van der Waals surface area contributed by atoms with Gasteiger partial charge in [-0.05, 0) is 67.7 Å². The third-order valence-corrected chi connectivity index (χ3v) is 5.45. The smallest absolute Gasteiger partial charge is 0.174 e. The van der Waals surface area contributed by atoms with Crippen molar-refractivity contribution >= 4 is 23.0 Å². The Bertz CT molecular complexity index is 678. The number of nitrogens with one attached hydrogen (secondary N) is 1. The Hall–Kier alpha value is -1.94. The molecule has 1 N–H and O–H groups in total. The predicted octanol–water partition coefficient (Wildman–Crippen LogP) is 5.57. The van der Waals surface area contributed by atoms with Gasteiger partial charge in [-0.2, -0.15) is 0 Å². The van der Waals surface area contributed by atoms with Gasteiger partial charge in [0.05, 0.1) is 12.2 Å². The molecule has 0 unspecified atom stereocenters. The Morgan fingerprint density at radius 3 is 2.58 bits per heavy atom. The third kappa shape index (κ3) is 5.28. The normalized spacial score (nSPS) is 14.3. The molecule has 0 radical (unpaired) electrons. The van der Waals surface area contributed by atoms with E-state index in [9.17, 15) is 0 Å². The van der Waals surface area contributed by atoms with Gasteiger partial charge >= 0.3 is 0 Å². The number of aromatic nitrogens is 1. The lowest BCUT2D eigenvalue weighted by Gasteiger charge is -2.31. The highest BCUT2D eigenvalue weighted by Crippen LogP contribution is 2.26. The molecule has 0 atom stereocenters. The SMILES string of the molecule is CCCCc1ccc(NC(=S)N(Cc2ccccn2)C2CCCC2)cc1. The molecular formula is C22H29N3S. The van der Waals surface area contributed by atoms with E-state index in [2.05, 4.69) is 52.5 Å².